The van der Waals surface area contributed by atoms with Gasteiger partial charge in [0.2, 0.25) is 5.91 Å². The molecule has 1 aliphatic heterocycles. The average molecular weight is 327 g/mol. The topological polar surface area (TPSA) is 46.6 Å². The van der Waals surface area contributed by atoms with Crippen molar-refractivity contribution in [3.63, 3.8) is 0 Å². The molecular formula is C20H25NO3. The highest BCUT2D eigenvalue weighted by atomic mass is 16.5. The molecule has 24 heavy (non-hydrogen) atoms. The number of piperidine rings is 1. The smallest absolute Gasteiger partial charge is 0.337 e. The first-order chi connectivity index (χ1) is 11.6. The van der Waals surface area contributed by atoms with Gasteiger partial charge in [-0.3, -0.25) is 4.79 Å². The normalized spacial score (nSPS) is 26.9. The van der Waals surface area contributed by atoms with Gasteiger partial charge in [0.25, 0.3) is 0 Å². The lowest BCUT2D eigenvalue weighted by molar-refractivity contribution is -0.152. The second kappa shape index (κ2) is 5.91. The molecule has 1 aromatic rings. The lowest BCUT2D eigenvalue weighted by Gasteiger charge is -2.49. The van der Waals surface area contributed by atoms with Gasteiger partial charge >= 0.3 is 5.97 Å². The van der Waals surface area contributed by atoms with Crippen molar-refractivity contribution in [2.75, 3.05) is 13.7 Å². The van der Waals surface area contributed by atoms with Crippen LogP contribution in [0.5, 0.6) is 0 Å². The van der Waals surface area contributed by atoms with Crippen molar-refractivity contribution in [1.82, 2.24) is 4.90 Å². The Kier molecular flexibility index (Phi) is 3.86. The zero-order valence-corrected chi connectivity index (χ0v) is 14.3. The molecule has 0 radical (unpaired) electrons. The number of fused-ring (bicyclic) bond motifs is 1. The van der Waals surface area contributed by atoms with Gasteiger partial charge in [-0.25, -0.2) is 4.79 Å². The summed E-state index contributed by atoms with van der Waals surface area (Å²) in [5.41, 5.74) is 2.85. The van der Waals surface area contributed by atoms with Crippen molar-refractivity contribution in [3.05, 3.63) is 34.9 Å². The van der Waals surface area contributed by atoms with Crippen molar-refractivity contribution in [2.24, 2.45) is 5.41 Å². The summed E-state index contributed by atoms with van der Waals surface area (Å²) < 4.78 is 4.81. The lowest BCUT2D eigenvalue weighted by Crippen LogP contribution is -2.56. The molecule has 0 aromatic heterocycles. The first-order valence-electron chi connectivity index (χ1n) is 9.14. The van der Waals surface area contributed by atoms with E-state index in [2.05, 4.69) is 4.90 Å². The molecule has 1 aromatic carbocycles. The molecule has 0 bridgehead atoms. The number of rotatable bonds is 2. The van der Waals surface area contributed by atoms with Gasteiger partial charge in [0.05, 0.1) is 18.1 Å². The van der Waals surface area contributed by atoms with Gasteiger partial charge < -0.3 is 9.64 Å². The van der Waals surface area contributed by atoms with Crippen LogP contribution in [0.25, 0.3) is 0 Å². The molecule has 128 valence electrons. The molecule has 1 spiro atoms. The minimum atomic E-state index is -0.289. The average Bonchev–Trinajstić information content (AvgIpc) is 2.56. The number of likely N-dealkylation sites (tertiary alicyclic amines) is 1. The van der Waals surface area contributed by atoms with Crippen LogP contribution in [0.3, 0.4) is 0 Å². The maximum absolute atomic E-state index is 13.2. The van der Waals surface area contributed by atoms with Crippen molar-refractivity contribution >= 4 is 11.9 Å². The number of hydrogen-bond acceptors (Lipinski definition) is 3. The minimum Gasteiger partial charge on any atom is -0.465 e. The van der Waals surface area contributed by atoms with Gasteiger partial charge in [-0.1, -0.05) is 6.07 Å². The highest BCUT2D eigenvalue weighted by Gasteiger charge is 2.47. The van der Waals surface area contributed by atoms with Gasteiger partial charge in [0.15, 0.2) is 0 Å². The van der Waals surface area contributed by atoms with Crippen molar-refractivity contribution in [2.45, 2.75) is 57.4 Å². The summed E-state index contributed by atoms with van der Waals surface area (Å²) in [5, 5.41) is 0. The van der Waals surface area contributed by atoms with E-state index in [0.717, 1.165) is 38.6 Å². The van der Waals surface area contributed by atoms with Crippen molar-refractivity contribution in [1.29, 1.82) is 0 Å². The molecule has 2 fully saturated rings. The van der Waals surface area contributed by atoms with E-state index in [0.29, 0.717) is 17.5 Å². The molecular weight excluding hydrogens is 302 g/mol. The minimum absolute atomic E-state index is 0.201. The van der Waals surface area contributed by atoms with E-state index in [9.17, 15) is 9.59 Å². The number of hydrogen-bond donors (Lipinski definition) is 0. The van der Waals surface area contributed by atoms with Gasteiger partial charge in [-0.05, 0) is 74.6 Å². The summed E-state index contributed by atoms with van der Waals surface area (Å²) in [6.45, 7) is 0.944. The van der Waals surface area contributed by atoms with Crippen LogP contribution in [-0.4, -0.2) is 36.5 Å². The van der Waals surface area contributed by atoms with Gasteiger partial charge in [0, 0.05) is 12.6 Å². The number of amides is 1. The maximum atomic E-state index is 13.2. The molecule has 1 atom stereocenters. The predicted octanol–water partition coefficient (Wildman–Crippen LogP) is 3.12. The summed E-state index contributed by atoms with van der Waals surface area (Å²) in [5.74, 6) is 0.101. The third-order valence-electron chi connectivity index (χ3n) is 6.31. The number of esters is 1. The van der Waals surface area contributed by atoms with E-state index < -0.39 is 0 Å². The summed E-state index contributed by atoms with van der Waals surface area (Å²) in [6.07, 6.45) is 8.37. The monoisotopic (exact) mass is 327 g/mol. The number of methoxy groups -OCH3 is 1. The fourth-order valence-electron chi connectivity index (χ4n) is 4.65. The number of aryl methyl sites for hydroxylation is 1. The Morgan fingerprint density at radius 1 is 1.21 bits per heavy atom. The summed E-state index contributed by atoms with van der Waals surface area (Å²) in [7, 11) is 1.41. The highest BCUT2D eigenvalue weighted by molar-refractivity contribution is 5.90. The van der Waals surface area contributed by atoms with Crippen LogP contribution in [0.1, 0.15) is 60.0 Å². The summed E-state index contributed by atoms with van der Waals surface area (Å²) in [4.78, 5) is 27.1. The molecule has 1 unspecified atom stereocenters. The molecule has 1 saturated heterocycles. The van der Waals surface area contributed by atoms with Crippen LogP contribution in [0.2, 0.25) is 0 Å². The summed E-state index contributed by atoms with van der Waals surface area (Å²) >= 11 is 0. The number of carbonyl (C=O) groups excluding carboxylic acids is 2. The Morgan fingerprint density at radius 2 is 2.04 bits per heavy atom. The molecule has 4 nitrogen and oxygen atoms in total. The zero-order valence-electron chi connectivity index (χ0n) is 14.3. The van der Waals surface area contributed by atoms with Crippen LogP contribution in [-0.2, 0) is 22.4 Å². The Bertz CT molecular complexity index is 679. The Labute approximate surface area is 143 Å². The summed E-state index contributed by atoms with van der Waals surface area (Å²) in [6, 6.07) is 6.31. The number of benzene rings is 1. The molecule has 1 heterocycles. The third-order valence-corrected chi connectivity index (χ3v) is 6.31. The van der Waals surface area contributed by atoms with Crippen LogP contribution in [0.15, 0.2) is 18.2 Å². The van der Waals surface area contributed by atoms with Gasteiger partial charge in [-0.2, -0.15) is 0 Å². The second-order valence-corrected chi connectivity index (χ2v) is 7.62. The van der Waals surface area contributed by atoms with Crippen molar-refractivity contribution < 1.29 is 14.3 Å². The molecule has 1 amide bonds. The lowest BCUT2D eigenvalue weighted by atomic mass is 9.66. The maximum Gasteiger partial charge on any atom is 0.337 e. The van der Waals surface area contributed by atoms with Crippen LogP contribution < -0.4 is 0 Å². The Morgan fingerprint density at radius 3 is 2.75 bits per heavy atom. The van der Waals surface area contributed by atoms with Crippen LogP contribution in [0, 0.1) is 5.41 Å². The quantitative estimate of drug-likeness (QED) is 0.784. The van der Waals surface area contributed by atoms with E-state index in [1.807, 2.05) is 18.2 Å². The van der Waals surface area contributed by atoms with E-state index in [4.69, 9.17) is 4.74 Å². The standard InChI is InChI=1S/C20H25NO3/c1-24-18(22)15-6-7-16-13-20(10-8-14(16)12-15)9-3-11-21(19(20)23)17-4-2-5-17/h6-7,12,17H,2-5,8-11,13H2,1H3. The fourth-order valence-corrected chi connectivity index (χ4v) is 4.65. The number of nitrogens with zero attached hydrogens (tertiary/aromatic N) is 1. The first kappa shape index (κ1) is 15.7. The Balaban J connectivity index is 1.58. The molecule has 2 aliphatic carbocycles. The molecule has 4 rings (SSSR count). The predicted molar refractivity (Wildman–Crippen MR) is 90.8 cm³/mol. The molecule has 1 saturated carbocycles. The van der Waals surface area contributed by atoms with E-state index >= 15 is 0 Å². The van der Waals surface area contributed by atoms with E-state index in [1.165, 1.54) is 37.5 Å². The third kappa shape index (κ3) is 2.43. The van der Waals surface area contributed by atoms with Crippen LogP contribution >= 0.6 is 0 Å². The van der Waals surface area contributed by atoms with E-state index in [1.54, 1.807) is 0 Å². The Hall–Kier alpha value is -1.84. The molecule has 3 aliphatic rings. The van der Waals surface area contributed by atoms with E-state index in [-0.39, 0.29) is 11.4 Å². The molecule has 0 N–H and O–H groups in total. The van der Waals surface area contributed by atoms with Crippen LogP contribution in [0.4, 0.5) is 0 Å². The zero-order chi connectivity index (χ0) is 16.7. The second-order valence-electron chi connectivity index (χ2n) is 7.62. The highest BCUT2D eigenvalue weighted by Crippen LogP contribution is 2.45. The van der Waals surface area contributed by atoms with Gasteiger partial charge in [-0.15, -0.1) is 0 Å². The van der Waals surface area contributed by atoms with Crippen molar-refractivity contribution in [3.8, 4) is 0 Å². The number of ether oxygens (including phenoxy) is 1. The molecule has 4 heteroatoms. The largest absolute Gasteiger partial charge is 0.465 e. The number of carbonyl (C=O) groups is 2. The van der Waals surface area contributed by atoms with Gasteiger partial charge in [0.1, 0.15) is 0 Å². The fraction of sp³-hybridized carbons (Fsp3) is 0.600. The first-order valence-corrected chi connectivity index (χ1v) is 9.14. The SMILES string of the molecule is COC(=O)c1ccc2c(c1)CCC1(CCCN(C3CCC3)C1=O)C2.